The van der Waals surface area contributed by atoms with Gasteiger partial charge in [-0.25, -0.2) is 9.59 Å². The summed E-state index contributed by atoms with van der Waals surface area (Å²) in [5.41, 5.74) is 0.921. The molecule has 0 N–H and O–H groups in total. The first kappa shape index (κ1) is 9.51. The van der Waals surface area contributed by atoms with Gasteiger partial charge < -0.3 is 4.52 Å². The summed E-state index contributed by atoms with van der Waals surface area (Å²) in [5.74, 6) is -0.670. The van der Waals surface area contributed by atoms with Crippen molar-refractivity contribution in [3.05, 3.63) is 50.9 Å². The number of rotatable bonds is 1. The van der Waals surface area contributed by atoms with Gasteiger partial charge in [0, 0.05) is 0 Å². The summed E-state index contributed by atoms with van der Waals surface area (Å²) in [7, 11) is 1.40. The minimum absolute atomic E-state index is 0.477. The van der Waals surface area contributed by atoms with Crippen molar-refractivity contribution in [2.45, 2.75) is 6.92 Å². The van der Waals surface area contributed by atoms with Crippen LogP contribution in [0, 0.1) is 6.92 Å². The Morgan fingerprint density at radius 3 is 2.40 bits per heavy atom. The zero-order chi connectivity index (χ0) is 11.0. The fourth-order valence-electron chi connectivity index (χ4n) is 1.43. The number of aryl methyl sites for hydroxylation is 2. The zero-order valence-corrected chi connectivity index (χ0v) is 8.43. The van der Waals surface area contributed by atoms with Crippen LogP contribution >= 0.6 is 0 Å². The first-order valence-electron chi connectivity index (χ1n) is 4.46. The van der Waals surface area contributed by atoms with Gasteiger partial charge in [0.25, 0.3) is 0 Å². The van der Waals surface area contributed by atoms with E-state index in [2.05, 4.69) is 4.52 Å². The minimum Gasteiger partial charge on any atom is -0.317 e. The second-order valence-electron chi connectivity index (χ2n) is 3.26. The molecule has 2 rings (SSSR count). The Bertz CT molecular complexity index is 604. The molecule has 0 fully saturated rings. The Morgan fingerprint density at radius 1 is 1.20 bits per heavy atom. The van der Waals surface area contributed by atoms with Crippen LogP contribution in [0.4, 0.5) is 0 Å². The number of benzene rings is 1. The van der Waals surface area contributed by atoms with Crippen LogP contribution < -0.4 is 11.4 Å². The molecule has 1 aromatic heterocycles. The van der Waals surface area contributed by atoms with Crippen LogP contribution in [0.25, 0.3) is 5.69 Å². The second-order valence-corrected chi connectivity index (χ2v) is 3.26. The molecule has 0 saturated heterocycles. The Balaban J connectivity index is 2.81. The molecule has 0 unspecified atom stereocenters. The van der Waals surface area contributed by atoms with Gasteiger partial charge in [-0.1, -0.05) is 18.2 Å². The fourth-order valence-corrected chi connectivity index (χ4v) is 1.43. The topological polar surface area (TPSA) is 57.1 Å². The fraction of sp³-hybridized carbons (Fsp3) is 0.200. The maximum atomic E-state index is 11.6. The molecule has 0 bridgehead atoms. The van der Waals surface area contributed by atoms with Crippen molar-refractivity contribution in [3.63, 3.8) is 0 Å². The van der Waals surface area contributed by atoms with E-state index in [9.17, 15) is 9.59 Å². The molecule has 0 saturated carbocycles. The predicted molar refractivity (Wildman–Crippen MR) is 54.3 cm³/mol. The molecule has 0 aliphatic carbocycles. The molecular formula is C10H10N2O3. The molecule has 1 heterocycles. The highest BCUT2D eigenvalue weighted by Gasteiger charge is 2.11. The predicted octanol–water partition coefficient (Wildman–Crippen LogP) is 0.438. The average Bonchev–Trinajstić information content (AvgIpc) is 2.43. The summed E-state index contributed by atoms with van der Waals surface area (Å²) in [4.78, 5) is 23.0. The van der Waals surface area contributed by atoms with E-state index in [1.54, 1.807) is 12.1 Å². The van der Waals surface area contributed by atoms with Gasteiger partial charge in [-0.3, -0.25) is 0 Å². The van der Waals surface area contributed by atoms with E-state index < -0.39 is 11.4 Å². The van der Waals surface area contributed by atoms with Gasteiger partial charge in [-0.15, -0.1) is 0 Å². The number of hydrogen-bond acceptors (Lipinski definition) is 3. The third-order valence-corrected chi connectivity index (χ3v) is 2.21. The summed E-state index contributed by atoms with van der Waals surface area (Å²) in [6.07, 6.45) is 0. The minimum atomic E-state index is -0.670. The highest BCUT2D eigenvalue weighted by Crippen LogP contribution is 2.08. The van der Waals surface area contributed by atoms with Crippen LogP contribution in [0.15, 0.2) is 38.4 Å². The quantitative estimate of drug-likeness (QED) is 0.680. The van der Waals surface area contributed by atoms with Crippen molar-refractivity contribution < 1.29 is 4.52 Å². The Morgan fingerprint density at radius 2 is 1.87 bits per heavy atom. The van der Waals surface area contributed by atoms with Gasteiger partial charge in [0.2, 0.25) is 0 Å². The van der Waals surface area contributed by atoms with E-state index >= 15 is 0 Å². The largest absolute Gasteiger partial charge is 0.447 e. The SMILES string of the molecule is Cc1ccccc1-n1c(=O)on(C)c1=O. The summed E-state index contributed by atoms with van der Waals surface area (Å²) in [6.45, 7) is 1.83. The Hall–Kier alpha value is -2.04. The van der Waals surface area contributed by atoms with E-state index in [1.807, 2.05) is 19.1 Å². The molecule has 0 radical (unpaired) electrons. The van der Waals surface area contributed by atoms with E-state index in [-0.39, 0.29) is 0 Å². The summed E-state index contributed by atoms with van der Waals surface area (Å²) in [6, 6.07) is 7.14. The summed E-state index contributed by atoms with van der Waals surface area (Å²) < 4.78 is 6.59. The standard InChI is InChI=1S/C10H10N2O3/c1-7-5-3-4-6-8(7)12-9(13)11(2)15-10(12)14/h3-6H,1-2H3. The lowest BCUT2D eigenvalue weighted by Crippen LogP contribution is -2.26. The van der Waals surface area contributed by atoms with Crippen LogP contribution in [0.5, 0.6) is 0 Å². The molecule has 0 amide bonds. The highest BCUT2D eigenvalue weighted by molar-refractivity contribution is 5.39. The lowest BCUT2D eigenvalue weighted by molar-refractivity contribution is 0.276. The van der Waals surface area contributed by atoms with Crippen molar-refractivity contribution in [1.82, 2.24) is 9.31 Å². The van der Waals surface area contributed by atoms with Gasteiger partial charge in [0.1, 0.15) is 0 Å². The van der Waals surface area contributed by atoms with Crippen LogP contribution in [0.2, 0.25) is 0 Å². The van der Waals surface area contributed by atoms with E-state index in [4.69, 9.17) is 0 Å². The van der Waals surface area contributed by atoms with Crippen LogP contribution in [-0.4, -0.2) is 9.31 Å². The molecule has 0 aliphatic rings. The van der Waals surface area contributed by atoms with E-state index in [0.29, 0.717) is 5.69 Å². The number of para-hydroxylation sites is 1. The number of nitrogens with zero attached hydrogens (tertiary/aromatic N) is 2. The van der Waals surface area contributed by atoms with Gasteiger partial charge in [0.15, 0.2) is 0 Å². The number of aromatic nitrogens is 2. The van der Waals surface area contributed by atoms with Crippen molar-refractivity contribution in [1.29, 1.82) is 0 Å². The van der Waals surface area contributed by atoms with Gasteiger partial charge in [-0.05, 0) is 18.6 Å². The van der Waals surface area contributed by atoms with E-state index in [1.165, 1.54) is 7.05 Å². The highest BCUT2D eigenvalue weighted by atomic mass is 16.5. The Kier molecular flexibility index (Phi) is 2.07. The van der Waals surface area contributed by atoms with Gasteiger partial charge >= 0.3 is 11.4 Å². The summed E-state index contributed by atoms with van der Waals surface area (Å²) >= 11 is 0. The first-order valence-corrected chi connectivity index (χ1v) is 4.46. The first-order chi connectivity index (χ1) is 7.11. The van der Waals surface area contributed by atoms with E-state index in [0.717, 1.165) is 14.9 Å². The monoisotopic (exact) mass is 206 g/mol. The molecular weight excluding hydrogens is 196 g/mol. The zero-order valence-electron chi connectivity index (χ0n) is 8.43. The lowest BCUT2D eigenvalue weighted by atomic mass is 10.2. The maximum Gasteiger partial charge on any atom is 0.447 e. The lowest BCUT2D eigenvalue weighted by Gasteiger charge is -2.01. The third kappa shape index (κ3) is 1.41. The van der Waals surface area contributed by atoms with Crippen LogP contribution in [0.1, 0.15) is 5.56 Å². The molecule has 5 heteroatoms. The van der Waals surface area contributed by atoms with Gasteiger partial charge in [0.05, 0.1) is 12.7 Å². The average molecular weight is 206 g/mol. The second kappa shape index (κ2) is 3.27. The van der Waals surface area contributed by atoms with Crippen molar-refractivity contribution >= 4 is 0 Å². The molecule has 5 nitrogen and oxygen atoms in total. The Labute approximate surface area is 85.1 Å². The van der Waals surface area contributed by atoms with Crippen molar-refractivity contribution in [2.24, 2.45) is 7.05 Å². The van der Waals surface area contributed by atoms with Gasteiger partial charge in [-0.2, -0.15) is 9.31 Å². The molecule has 2 aromatic rings. The molecule has 78 valence electrons. The van der Waals surface area contributed by atoms with Crippen LogP contribution in [0.3, 0.4) is 0 Å². The molecule has 0 spiro atoms. The molecule has 1 aromatic carbocycles. The third-order valence-electron chi connectivity index (χ3n) is 2.21. The number of hydrogen-bond donors (Lipinski definition) is 0. The van der Waals surface area contributed by atoms with Crippen molar-refractivity contribution in [3.8, 4) is 5.69 Å². The smallest absolute Gasteiger partial charge is 0.317 e. The van der Waals surface area contributed by atoms with Crippen LogP contribution in [-0.2, 0) is 7.05 Å². The molecule has 15 heavy (non-hydrogen) atoms. The van der Waals surface area contributed by atoms with Crippen molar-refractivity contribution in [2.75, 3.05) is 0 Å². The normalized spacial score (nSPS) is 10.5. The molecule has 0 atom stereocenters. The maximum absolute atomic E-state index is 11.6. The molecule has 0 aliphatic heterocycles. The summed E-state index contributed by atoms with van der Waals surface area (Å²) in [5, 5.41) is 0.